The molecule has 0 aliphatic carbocycles. The van der Waals surface area contributed by atoms with Crippen molar-refractivity contribution in [1.82, 2.24) is 0 Å². The van der Waals surface area contributed by atoms with E-state index < -0.39 is 15.9 Å². The summed E-state index contributed by atoms with van der Waals surface area (Å²) in [5.74, 6) is -0.399. The smallest absolute Gasteiger partial charge is 0.261 e. The molecule has 0 aliphatic heterocycles. The van der Waals surface area contributed by atoms with Gasteiger partial charge in [0.1, 0.15) is 0 Å². The largest absolute Gasteiger partial charge is 0.321 e. The molecule has 3 aromatic carbocycles. The third-order valence-corrected chi connectivity index (χ3v) is 6.04. The van der Waals surface area contributed by atoms with Gasteiger partial charge in [0.25, 0.3) is 15.9 Å². The van der Waals surface area contributed by atoms with Gasteiger partial charge in [0.2, 0.25) is 0 Å². The molecule has 0 bridgehead atoms. The average Bonchev–Trinajstić information content (AvgIpc) is 2.64. The molecule has 138 valence electrons. The highest BCUT2D eigenvalue weighted by Gasteiger charge is 2.16. The maximum atomic E-state index is 12.5. The molecule has 1 amide bonds. The summed E-state index contributed by atoms with van der Waals surface area (Å²) in [4.78, 5) is 12.6. The Balaban J connectivity index is 1.80. The Kier molecular flexibility index (Phi) is 5.84. The molecular weight excluding hydrogens is 452 g/mol. The lowest BCUT2D eigenvalue weighted by Crippen LogP contribution is -2.15. The number of carbonyl (C=O) groups is 1. The molecule has 0 spiro atoms. The Labute approximate surface area is 170 Å². The highest BCUT2D eigenvalue weighted by atomic mass is 79.9. The second kappa shape index (κ2) is 8.12. The number of anilines is 2. The van der Waals surface area contributed by atoms with Crippen LogP contribution in [0.5, 0.6) is 0 Å². The van der Waals surface area contributed by atoms with Gasteiger partial charge in [0, 0.05) is 4.47 Å². The molecule has 2 N–H and O–H groups in total. The van der Waals surface area contributed by atoms with Crippen LogP contribution in [0.15, 0.2) is 82.2 Å². The van der Waals surface area contributed by atoms with Crippen LogP contribution in [0.2, 0.25) is 5.02 Å². The van der Waals surface area contributed by atoms with Crippen molar-refractivity contribution < 1.29 is 13.2 Å². The first-order valence-electron chi connectivity index (χ1n) is 7.80. The molecule has 0 heterocycles. The van der Waals surface area contributed by atoms with Gasteiger partial charge in [0.05, 0.1) is 26.9 Å². The molecule has 0 unspecified atom stereocenters. The van der Waals surface area contributed by atoms with E-state index in [4.69, 9.17) is 11.6 Å². The second-order valence-corrected chi connectivity index (χ2v) is 8.49. The Morgan fingerprint density at radius 2 is 1.59 bits per heavy atom. The van der Waals surface area contributed by atoms with Crippen molar-refractivity contribution in [3.05, 3.63) is 87.9 Å². The fourth-order valence-electron chi connectivity index (χ4n) is 2.33. The molecule has 8 heteroatoms. The number of nitrogens with one attached hydrogen (secondary N) is 2. The second-order valence-electron chi connectivity index (χ2n) is 5.55. The van der Waals surface area contributed by atoms with Gasteiger partial charge in [0.15, 0.2) is 0 Å². The van der Waals surface area contributed by atoms with Gasteiger partial charge in [-0.05, 0) is 58.4 Å². The Morgan fingerprint density at radius 3 is 2.26 bits per heavy atom. The highest BCUT2D eigenvalue weighted by Crippen LogP contribution is 2.26. The Morgan fingerprint density at radius 1 is 0.926 bits per heavy atom. The van der Waals surface area contributed by atoms with Crippen LogP contribution in [-0.4, -0.2) is 14.3 Å². The number of sulfonamides is 1. The van der Waals surface area contributed by atoms with Crippen molar-refractivity contribution in [2.24, 2.45) is 0 Å². The molecular formula is C19H14BrClN2O3S. The van der Waals surface area contributed by atoms with E-state index in [2.05, 4.69) is 26.0 Å². The number of halogens is 2. The summed E-state index contributed by atoms with van der Waals surface area (Å²) >= 11 is 9.56. The number of hydrogen-bond donors (Lipinski definition) is 2. The van der Waals surface area contributed by atoms with Gasteiger partial charge in [-0.3, -0.25) is 9.52 Å². The summed E-state index contributed by atoms with van der Waals surface area (Å²) in [6.07, 6.45) is 0. The van der Waals surface area contributed by atoms with Crippen molar-refractivity contribution in [3.63, 3.8) is 0 Å². The van der Waals surface area contributed by atoms with Gasteiger partial charge < -0.3 is 5.32 Å². The first kappa shape index (κ1) is 19.4. The van der Waals surface area contributed by atoms with Crippen molar-refractivity contribution in [2.75, 3.05) is 10.0 Å². The molecule has 0 saturated heterocycles. The third-order valence-electron chi connectivity index (χ3n) is 3.64. The van der Waals surface area contributed by atoms with Crippen LogP contribution in [0.4, 0.5) is 11.4 Å². The van der Waals surface area contributed by atoms with Crippen molar-refractivity contribution in [3.8, 4) is 0 Å². The number of rotatable bonds is 5. The molecule has 27 heavy (non-hydrogen) atoms. The number of hydrogen-bond acceptors (Lipinski definition) is 3. The zero-order valence-electron chi connectivity index (χ0n) is 13.8. The van der Waals surface area contributed by atoms with Gasteiger partial charge in [-0.15, -0.1) is 0 Å². The summed E-state index contributed by atoms with van der Waals surface area (Å²) in [6, 6.07) is 19.5. The van der Waals surface area contributed by atoms with Gasteiger partial charge in [-0.1, -0.05) is 41.9 Å². The maximum Gasteiger partial charge on any atom is 0.261 e. The van der Waals surface area contributed by atoms with E-state index in [9.17, 15) is 13.2 Å². The minimum atomic E-state index is -3.73. The lowest BCUT2D eigenvalue weighted by molar-refractivity contribution is 0.102. The minimum Gasteiger partial charge on any atom is -0.321 e. The Hall–Kier alpha value is -2.35. The molecule has 0 radical (unpaired) electrons. The standard InChI is InChI=1S/C19H14BrClN2O3S/c20-16-8-4-5-9-18(16)22-19(24)15-11-10-13(12-17(15)21)23-27(25,26)14-6-2-1-3-7-14/h1-12,23H,(H,22,24). The van der Waals surface area contributed by atoms with Crippen LogP contribution < -0.4 is 10.0 Å². The first-order chi connectivity index (χ1) is 12.9. The quantitative estimate of drug-likeness (QED) is 0.547. The number of para-hydroxylation sites is 1. The minimum absolute atomic E-state index is 0.132. The lowest BCUT2D eigenvalue weighted by Gasteiger charge is -2.11. The number of amides is 1. The topological polar surface area (TPSA) is 75.3 Å². The van der Waals surface area contributed by atoms with E-state index in [0.717, 1.165) is 4.47 Å². The molecule has 0 aliphatic rings. The summed E-state index contributed by atoms with van der Waals surface area (Å²) in [5, 5.41) is 2.88. The first-order valence-corrected chi connectivity index (χ1v) is 10.5. The van der Waals surface area contributed by atoms with Gasteiger partial charge in [-0.2, -0.15) is 0 Å². The van der Waals surface area contributed by atoms with E-state index in [1.165, 1.54) is 30.3 Å². The fourth-order valence-corrected chi connectivity index (χ4v) is 4.05. The zero-order valence-corrected chi connectivity index (χ0v) is 17.0. The predicted octanol–water partition coefficient (Wildman–Crippen LogP) is 5.16. The van der Waals surface area contributed by atoms with E-state index >= 15 is 0 Å². The van der Waals surface area contributed by atoms with E-state index in [0.29, 0.717) is 5.69 Å². The SMILES string of the molecule is O=C(Nc1ccccc1Br)c1ccc(NS(=O)(=O)c2ccccc2)cc1Cl. The Bertz CT molecular complexity index is 1090. The van der Waals surface area contributed by atoms with Gasteiger partial charge >= 0.3 is 0 Å². The van der Waals surface area contributed by atoms with Crippen LogP contribution in [-0.2, 0) is 10.0 Å². The molecule has 0 saturated carbocycles. The van der Waals surface area contributed by atoms with Gasteiger partial charge in [-0.25, -0.2) is 8.42 Å². The predicted molar refractivity (Wildman–Crippen MR) is 111 cm³/mol. The van der Waals surface area contributed by atoms with Crippen LogP contribution in [0, 0.1) is 0 Å². The molecule has 5 nitrogen and oxygen atoms in total. The molecule has 3 rings (SSSR count). The lowest BCUT2D eigenvalue weighted by atomic mass is 10.2. The summed E-state index contributed by atoms with van der Waals surface area (Å²) in [6.45, 7) is 0. The van der Waals surface area contributed by atoms with Crippen LogP contribution in [0.1, 0.15) is 10.4 Å². The van der Waals surface area contributed by atoms with Crippen molar-refractivity contribution in [2.45, 2.75) is 4.90 Å². The third kappa shape index (κ3) is 4.68. The highest BCUT2D eigenvalue weighted by molar-refractivity contribution is 9.10. The van der Waals surface area contributed by atoms with Crippen LogP contribution >= 0.6 is 27.5 Å². The maximum absolute atomic E-state index is 12.5. The summed E-state index contributed by atoms with van der Waals surface area (Å²) < 4.78 is 27.9. The van der Waals surface area contributed by atoms with E-state index in [1.807, 2.05) is 6.07 Å². The summed E-state index contributed by atoms with van der Waals surface area (Å²) in [5.41, 5.74) is 1.10. The van der Waals surface area contributed by atoms with Crippen molar-refractivity contribution in [1.29, 1.82) is 0 Å². The zero-order chi connectivity index (χ0) is 19.4. The molecule has 0 aromatic heterocycles. The summed E-state index contributed by atoms with van der Waals surface area (Å²) in [7, 11) is -3.73. The van der Waals surface area contributed by atoms with Crippen LogP contribution in [0.25, 0.3) is 0 Å². The molecule has 3 aromatic rings. The molecule has 0 fully saturated rings. The monoisotopic (exact) mass is 464 g/mol. The molecule has 0 atom stereocenters. The number of carbonyl (C=O) groups excluding carboxylic acids is 1. The van der Waals surface area contributed by atoms with E-state index in [-0.39, 0.29) is 21.2 Å². The fraction of sp³-hybridized carbons (Fsp3) is 0. The van der Waals surface area contributed by atoms with Crippen molar-refractivity contribution >= 4 is 54.8 Å². The average molecular weight is 466 g/mol. The number of benzene rings is 3. The van der Waals surface area contributed by atoms with Crippen LogP contribution in [0.3, 0.4) is 0 Å². The van der Waals surface area contributed by atoms with E-state index in [1.54, 1.807) is 36.4 Å². The normalized spacial score (nSPS) is 11.0.